The summed E-state index contributed by atoms with van der Waals surface area (Å²) in [6.45, 7) is 3.33. The third kappa shape index (κ3) is 7.23. The second-order valence-corrected chi connectivity index (χ2v) is 9.32. The fourth-order valence-corrected chi connectivity index (χ4v) is 4.57. The summed E-state index contributed by atoms with van der Waals surface area (Å²) in [4.78, 5) is 10.1. The van der Waals surface area contributed by atoms with Gasteiger partial charge in [-0.15, -0.1) is 0 Å². The summed E-state index contributed by atoms with van der Waals surface area (Å²) in [6.07, 6.45) is 4.66. The predicted molar refractivity (Wildman–Crippen MR) is 145 cm³/mol. The number of nitrogens with two attached hydrogens (primary N) is 1. The number of hydrogen-bond donors (Lipinski definition) is 4. The van der Waals surface area contributed by atoms with Crippen LogP contribution in [0.3, 0.4) is 0 Å². The maximum atomic E-state index is 6.30. The van der Waals surface area contributed by atoms with Crippen molar-refractivity contribution in [3.05, 3.63) is 48.7 Å². The molecule has 0 aliphatic carbocycles. The number of nitrogens with zero attached hydrogens (tertiary/aromatic N) is 2. The van der Waals surface area contributed by atoms with E-state index in [1.165, 1.54) is 0 Å². The van der Waals surface area contributed by atoms with Crippen LogP contribution in [0.15, 0.2) is 53.6 Å². The van der Waals surface area contributed by atoms with Crippen LogP contribution in [0, 0.1) is 0 Å². The molecule has 0 saturated carbocycles. The molecule has 0 radical (unpaired) electrons. The average molecular weight is 511 g/mol. The lowest BCUT2D eigenvalue weighted by molar-refractivity contribution is 0.0259. The SMILES string of the molecule is CNCCCNSc1ccc(Nc2nccc(-c3ccc(OC4CCOCC4)c(N)c3)n2)cc1OC. The highest BCUT2D eigenvalue weighted by molar-refractivity contribution is 7.97. The first-order valence-corrected chi connectivity index (χ1v) is 12.9. The second-order valence-electron chi connectivity index (χ2n) is 8.39. The van der Waals surface area contributed by atoms with Crippen molar-refractivity contribution in [3.8, 4) is 22.8 Å². The molecule has 1 fully saturated rings. The Morgan fingerprint density at radius 1 is 1.08 bits per heavy atom. The minimum atomic E-state index is 0.137. The van der Waals surface area contributed by atoms with Crippen molar-refractivity contribution in [3.63, 3.8) is 0 Å². The van der Waals surface area contributed by atoms with E-state index in [-0.39, 0.29) is 6.10 Å². The molecule has 3 aromatic rings. The molecule has 1 aliphatic heterocycles. The van der Waals surface area contributed by atoms with E-state index in [4.69, 9.17) is 19.9 Å². The summed E-state index contributed by atoms with van der Waals surface area (Å²) in [7, 11) is 3.62. The normalized spacial score (nSPS) is 13.9. The molecular weight excluding hydrogens is 476 g/mol. The number of ether oxygens (including phenoxy) is 3. The van der Waals surface area contributed by atoms with Crippen LogP contribution in [0.5, 0.6) is 11.5 Å². The lowest BCUT2D eigenvalue weighted by Crippen LogP contribution is -2.26. The first kappa shape index (κ1) is 26.0. The molecule has 0 atom stereocenters. The molecule has 4 rings (SSSR count). The van der Waals surface area contributed by atoms with Gasteiger partial charge in [0.1, 0.15) is 17.6 Å². The zero-order valence-electron chi connectivity index (χ0n) is 20.8. The van der Waals surface area contributed by atoms with Crippen molar-refractivity contribution in [1.82, 2.24) is 20.0 Å². The molecule has 9 nitrogen and oxygen atoms in total. The van der Waals surface area contributed by atoms with E-state index in [1.54, 1.807) is 25.3 Å². The number of nitrogen functional groups attached to an aromatic ring is 1. The summed E-state index contributed by atoms with van der Waals surface area (Å²) in [5.74, 6) is 1.95. The van der Waals surface area contributed by atoms with Gasteiger partial charge in [0.2, 0.25) is 5.95 Å². The first-order chi connectivity index (χ1) is 17.7. The Morgan fingerprint density at radius 3 is 2.72 bits per heavy atom. The number of methoxy groups -OCH3 is 1. The lowest BCUT2D eigenvalue weighted by atomic mass is 10.1. The molecule has 5 N–H and O–H groups in total. The molecule has 0 bridgehead atoms. The summed E-state index contributed by atoms with van der Waals surface area (Å²) in [5, 5.41) is 6.42. The smallest absolute Gasteiger partial charge is 0.227 e. The van der Waals surface area contributed by atoms with Gasteiger partial charge in [0.25, 0.3) is 0 Å². The zero-order chi connectivity index (χ0) is 25.2. The van der Waals surface area contributed by atoms with Gasteiger partial charge in [0.15, 0.2) is 0 Å². The van der Waals surface area contributed by atoms with Crippen LogP contribution in [0.25, 0.3) is 11.3 Å². The molecule has 0 spiro atoms. The van der Waals surface area contributed by atoms with Crippen molar-refractivity contribution < 1.29 is 14.2 Å². The first-order valence-electron chi connectivity index (χ1n) is 12.1. The summed E-state index contributed by atoms with van der Waals surface area (Å²) in [6, 6.07) is 13.6. The van der Waals surface area contributed by atoms with E-state index < -0.39 is 0 Å². The summed E-state index contributed by atoms with van der Waals surface area (Å²) < 4.78 is 20.4. The monoisotopic (exact) mass is 510 g/mol. The van der Waals surface area contributed by atoms with Gasteiger partial charge in [0.05, 0.1) is 36.6 Å². The minimum absolute atomic E-state index is 0.137. The summed E-state index contributed by atoms with van der Waals surface area (Å²) in [5.41, 5.74) is 9.39. The number of benzene rings is 2. The minimum Gasteiger partial charge on any atom is -0.495 e. The van der Waals surface area contributed by atoms with Gasteiger partial charge in [0, 0.05) is 42.9 Å². The molecule has 0 amide bonds. The number of aromatic nitrogens is 2. The van der Waals surface area contributed by atoms with Crippen molar-refractivity contribution in [2.45, 2.75) is 30.3 Å². The Morgan fingerprint density at radius 2 is 1.94 bits per heavy atom. The lowest BCUT2D eigenvalue weighted by Gasteiger charge is -2.24. The third-order valence-electron chi connectivity index (χ3n) is 5.73. The van der Waals surface area contributed by atoms with Crippen LogP contribution in [0.2, 0.25) is 0 Å². The fourth-order valence-electron chi connectivity index (χ4n) is 3.79. The Kier molecular flexibility index (Phi) is 9.62. The van der Waals surface area contributed by atoms with Crippen LogP contribution < -0.4 is 30.6 Å². The Hall–Kier alpha value is -3.05. The van der Waals surface area contributed by atoms with Crippen LogP contribution in [-0.4, -0.2) is 56.5 Å². The topological polar surface area (TPSA) is 116 Å². The van der Waals surface area contributed by atoms with Crippen molar-refractivity contribution in [2.24, 2.45) is 0 Å². The summed E-state index contributed by atoms with van der Waals surface area (Å²) >= 11 is 1.56. The van der Waals surface area contributed by atoms with E-state index in [2.05, 4.69) is 25.3 Å². The zero-order valence-corrected chi connectivity index (χ0v) is 21.6. The molecule has 1 aliphatic rings. The Labute approximate surface area is 216 Å². The van der Waals surface area contributed by atoms with Crippen LogP contribution in [-0.2, 0) is 4.74 Å². The Bertz CT molecular complexity index is 1130. The van der Waals surface area contributed by atoms with Crippen LogP contribution in [0.4, 0.5) is 17.3 Å². The second kappa shape index (κ2) is 13.3. The third-order valence-corrected chi connectivity index (χ3v) is 6.64. The van der Waals surface area contributed by atoms with Gasteiger partial charge in [-0.1, -0.05) is 0 Å². The van der Waals surface area contributed by atoms with E-state index in [1.807, 2.05) is 49.5 Å². The highest BCUT2D eigenvalue weighted by Gasteiger charge is 2.17. The van der Waals surface area contributed by atoms with E-state index in [9.17, 15) is 0 Å². The van der Waals surface area contributed by atoms with E-state index >= 15 is 0 Å². The molecular formula is C26H34N6O3S. The number of nitrogens with one attached hydrogen (secondary N) is 3. The van der Waals surface area contributed by atoms with Gasteiger partial charge in [-0.05, 0) is 68.4 Å². The molecule has 192 valence electrons. The molecule has 36 heavy (non-hydrogen) atoms. The fraction of sp³-hybridized carbons (Fsp3) is 0.385. The molecule has 0 unspecified atom stereocenters. The number of anilines is 3. The van der Waals surface area contributed by atoms with Crippen molar-refractivity contribution >= 4 is 29.3 Å². The maximum absolute atomic E-state index is 6.30. The average Bonchev–Trinajstić information content (AvgIpc) is 2.91. The standard InChI is InChI=1S/C26H34N6O3S/c1-28-11-3-12-30-36-25-7-5-19(17-24(25)33-2)31-26-29-13-8-22(32-26)18-4-6-23(21(27)16-18)35-20-9-14-34-15-10-20/h4-8,13,16-17,20,28,30H,3,9-12,14-15,27H2,1-2H3,(H,29,31,32). The molecule has 2 aromatic carbocycles. The number of hydrogen-bond acceptors (Lipinski definition) is 10. The van der Waals surface area contributed by atoms with Gasteiger partial charge >= 0.3 is 0 Å². The van der Waals surface area contributed by atoms with Gasteiger partial charge < -0.3 is 30.6 Å². The van der Waals surface area contributed by atoms with Crippen molar-refractivity contribution in [1.29, 1.82) is 0 Å². The highest BCUT2D eigenvalue weighted by Crippen LogP contribution is 2.32. The van der Waals surface area contributed by atoms with Crippen molar-refractivity contribution in [2.75, 3.05) is 51.5 Å². The van der Waals surface area contributed by atoms with E-state index in [0.29, 0.717) is 17.4 Å². The quantitative estimate of drug-likeness (QED) is 0.160. The highest BCUT2D eigenvalue weighted by atomic mass is 32.2. The molecule has 10 heteroatoms. The van der Waals surface area contributed by atoms with Gasteiger partial charge in [-0.2, -0.15) is 0 Å². The van der Waals surface area contributed by atoms with Crippen LogP contribution in [0.1, 0.15) is 19.3 Å². The van der Waals surface area contributed by atoms with Crippen LogP contribution >= 0.6 is 11.9 Å². The molecule has 1 saturated heterocycles. The van der Waals surface area contributed by atoms with Gasteiger partial charge in [-0.3, -0.25) is 4.72 Å². The predicted octanol–water partition coefficient (Wildman–Crippen LogP) is 4.24. The maximum Gasteiger partial charge on any atom is 0.227 e. The van der Waals surface area contributed by atoms with Gasteiger partial charge in [-0.25, -0.2) is 9.97 Å². The Balaban J connectivity index is 1.41. The largest absolute Gasteiger partial charge is 0.495 e. The number of rotatable bonds is 12. The molecule has 2 heterocycles. The van der Waals surface area contributed by atoms with E-state index in [0.717, 1.165) is 73.2 Å². The molecule has 1 aromatic heterocycles.